The van der Waals surface area contributed by atoms with E-state index in [1.807, 2.05) is 6.07 Å². The van der Waals surface area contributed by atoms with Gasteiger partial charge in [-0.2, -0.15) is 35.4 Å². The number of allylic oxidation sites excluding steroid dienone is 4. The van der Waals surface area contributed by atoms with Crippen LogP contribution >= 0.6 is 24.8 Å². The van der Waals surface area contributed by atoms with Gasteiger partial charge in [-0.1, -0.05) is 103 Å². The minimum Gasteiger partial charge on any atom is -0.147 e. The third-order valence-electron chi connectivity index (χ3n) is 11.3. The Bertz CT molecular complexity index is 1550. The zero-order valence-electron chi connectivity index (χ0n) is 30.5. The van der Waals surface area contributed by atoms with Crippen LogP contribution < -0.4 is 0 Å². The molecule has 4 bridgehead atoms. The number of rotatable bonds is 2. The minimum atomic E-state index is 0. The van der Waals surface area contributed by atoms with E-state index in [2.05, 4.69) is 134 Å². The van der Waals surface area contributed by atoms with Gasteiger partial charge in [0, 0.05) is 0 Å². The van der Waals surface area contributed by atoms with E-state index in [4.69, 9.17) is 0 Å². The van der Waals surface area contributed by atoms with Crippen LogP contribution in [-0.4, -0.2) is 3.21 Å². The summed E-state index contributed by atoms with van der Waals surface area (Å²) in [6.45, 7) is 18.0. The Morgan fingerprint density at radius 3 is 1.83 bits per heavy atom. The Kier molecular flexibility index (Phi) is 12.6. The van der Waals surface area contributed by atoms with Gasteiger partial charge in [0.1, 0.15) is 0 Å². The van der Waals surface area contributed by atoms with E-state index < -0.39 is 0 Å². The molecule has 0 radical (unpaired) electrons. The molecule has 9 rings (SSSR count). The van der Waals surface area contributed by atoms with Crippen LogP contribution in [0.1, 0.15) is 122 Å². The van der Waals surface area contributed by atoms with Crippen LogP contribution in [0.25, 0.3) is 11.1 Å². The van der Waals surface area contributed by atoms with Gasteiger partial charge in [0.05, 0.1) is 0 Å². The largest absolute Gasteiger partial charge is 0.147 e. The molecule has 4 fully saturated rings. The first kappa shape index (κ1) is 39.3. The SMILES string of the molecule is CC(C)(C)c1[c-]c2c(cc1)-c1ccc(C(C)(C)C)cc1C2.CC1[C-]=CC(C23CC4CC(CC(C4)C2)C3)=C1.C[C](=[Zr+2])c1ccccc1.Cl.Cl. The van der Waals surface area contributed by atoms with Gasteiger partial charge < -0.3 is 0 Å². The van der Waals surface area contributed by atoms with E-state index in [9.17, 15) is 0 Å². The first-order valence-electron chi connectivity index (χ1n) is 17.8. The maximum Gasteiger partial charge on any atom is -0.147 e. The fourth-order valence-corrected chi connectivity index (χ4v) is 9.51. The molecule has 6 aliphatic carbocycles. The molecule has 1 unspecified atom stereocenters. The van der Waals surface area contributed by atoms with Gasteiger partial charge in [-0.3, -0.25) is 6.08 Å². The molecular weight excluding hydrogens is 703 g/mol. The van der Waals surface area contributed by atoms with E-state index in [0.717, 1.165) is 24.2 Å². The first-order chi connectivity index (χ1) is 21.7. The third kappa shape index (κ3) is 8.67. The summed E-state index contributed by atoms with van der Waals surface area (Å²) in [6, 6.07) is 25.6. The molecule has 4 saturated carbocycles. The van der Waals surface area contributed by atoms with Crippen molar-refractivity contribution in [2.75, 3.05) is 0 Å². The van der Waals surface area contributed by atoms with Gasteiger partial charge in [-0.05, 0) is 65.4 Å². The molecule has 48 heavy (non-hydrogen) atoms. The number of benzene rings is 3. The van der Waals surface area contributed by atoms with Gasteiger partial charge in [0.15, 0.2) is 0 Å². The molecule has 3 heteroatoms. The van der Waals surface area contributed by atoms with Crippen molar-refractivity contribution >= 4 is 28.0 Å². The van der Waals surface area contributed by atoms with Crippen molar-refractivity contribution in [3.63, 3.8) is 0 Å². The van der Waals surface area contributed by atoms with Gasteiger partial charge in [-0.15, -0.1) is 35.9 Å². The summed E-state index contributed by atoms with van der Waals surface area (Å²) >= 11 is 1.51. The Hall–Kier alpha value is -1.53. The second-order valence-corrected chi connectivity index (χ2v) is 19.1. The number of hydrogen-bond acceptors (Lipinski definition) is 0. The van der Waals surface area contributed by atoms with Crippen LogP contribution in [-0.2, 0) is 41.5 Å². The first-order valence-corrected chi connectivity index (χ1v) is 19.0. The van der Waals surface area contributed by atoms with Gasteiger partial charge >= 0.3 is 70.3 Å². The minimum absolute atomic E-state index is 0. The summed E-state index contributed by atoms with van der Waals surface area (Å²) in [4.78, 5) is 0. The summed E-state index contributed by atoms with van der Waals surface area (Å²) in [6.07, 6.45) is 18.5. The van der Waals surface area contributed by atoms with Crippen molar-refractivity contribution in [2.24, 2.45) is 29.1 Å². The smallest absolute Gasteiger partial charge is 0.147 e. The molecule has 0 spiro atoms. The standard InChI is InChI=1S/C21H25.C16H21.C8H8.2ClH.Zr/c1-20(2,3)16-7-9-18-14(12-16)11-15-13-17(21(4,5)6)8-10-19(15)18;1-11-2-3-15(4-11)16-8-12-5-13(9-16)7-14(6-12)10-16;1-2-8-6-4-3-5-7-8;;;/h7-10,12H,11H2,1-6H3;3-4,11-14H,5-10H2,1H3;3-7H,1H3;2*1H;/q2*-1;;;;+2. The van der Waals surface area contributed by atoms with Crippen LogP contribution in [0.3, 0.4) is 0 Å². The van der Waals surface area contributed by atoms with Crippen molar-refractivity contribution < 1.29 is 24.2 Å². The number of halogens is 2. The molecule has 0 aromatic heterocycles. The van der Waals surface area contributed by atoms with Crippen LogP contribution in [0.2, 0.25) is 0 Å². The molecule has 254 valence electrons. The van der Waals surface area contributed by atoms with E-state index in [1.54, 1.807) is 24.8 Å². The van der Waals surface area contributed by atoms with Gasteiger partial charge in [0.2, 0.25) is 0 Å². The third-order valence-corrected chi connectivity index (χ3v) is 12.0. The van der Waals surface area contributed by atoms with E-state index in [-0.39, 0.29) is 35.6 Å². The van der Waals surface area contributed by atoms with Gasteiger partial charge in [0.25, 0.3) is 0 Å². The molecule has 0 saturated heterocycles. The van der Waals surface area contributed by atoms with Crippen molar-refractivity contribution in [3.8, 4) is 11.1 Å². The molecule has 0 aliphatic heterocycles. The maximum atomic E-state index is 3.67. The zero-order valence-corrected chi connectivity index (χ0v) is 34.6. The molecule has 0 heterocycles. The van der Waals surface area contributed by atoms with E-state index >= 15 is 0 Å². The zero-order chi connectivity index (χ0) is 32.9. The molecule has 0 nitrogen and oxygen atoms in total. The maximum absolute atomic E-state index is 3.67. The van der Waals surface area contributed by atoms with E-state index in [0.29, 0.717) is 11.3 Å². The molecule has 1 atom stereocenters. The predicted molar refractivity (Wildman–Crippen MR) is 207 cm³/mol. The monoisotopic (exact) mass is 756 g/mol. The second-order valence-electron chi connectivity index (χ2n) is 17.2. The Morgan fingerprint density at radius 1 is 0.771 bits per heavy atom. The molecular formula is C45H56Cl2Zr. The van der Waals surface area contributed by atoms with Crippen molar-refractivity contribution in [2.45, 2.75) is 111 Å². The summed E-state index contributed by atoms with van der Waals surface area (Å²) in [5.41, 5.74) is 12.3. The average Bonchev–Trinajstić information content (AvgIpc) is 3.60. The number of fused-ring (bicyclic) bond motifs is 3. The summed E-state index contributed by atoms with van der Waals surface area (Å²) in [5.74, 6) is 3.77. The summed E-state index contributed by atoms with van der Waals surface area (Å²) in [5, 5.41) is 0. The van der Waals surface area contributed by atoms with Crippen molar-refractivity contribution in [1.29, 1.82) is 0 Å². The summed E-state index contributed by atoms with van der Waals surface area (Å²) in [7, 11) is 0. The average molecular weight is 759 g/mol. The fraction of sp³-hybridized carbons (Fsp3) is 0.489. The second kappa shape index (κ2) is 15.4. The molecule has 0 N–H and O–H groups in total. The van der Waals surface area contributed by atoms with Gasteiger partial charge in [-0.25, -0.2) is 6.08 Å². The van der Waals surface area contributed by atoms with Crippen molar-refractivity contribution in [1.82, 2.24) is 0 Å². The Labute approximate surface area is 319 Å². The number of hydrogen-bond donors (Lipinski definition) is 0. The van der Waals surface area contributed by atoms with Crippen LogP contribution in [0.5, 0.6) is 0 Å². The van der Waals surface area contributed by atoms with Crippen LogP contribution in [0, 0.1) is 41.2 Å². The van der Waals surface area contributed by atoms with Crippen LogP contribution in [0.4, 0.5) is 0 Å². The topological polar surface area (TPSA) is 0 Å². The molecule has 3 aromatic carbocycles. The Morgan fingerprint density at radius 2 is 1.35 bits per heavy atom. The molecule has 6 aliphatic rings. The fourth-order valence-electron chi connectivity index (χ4n) is 9.10. The Balaban J connectivity index is 0.000000171. The predicted octanol–water partition coefficient (Wildman–Crippen LogP) is 12.4. The molecule has 3 aromatic rings. The van der Waals surface area contributed by atoms with Crippen molar-refractivity contribution in [3.05, 3.63) is 118 Å². The van der Waals surface area contributed by atoms with E-state index in [1.165, 1.54) is 85.6 Å². The molecule has 0 amide bonds. The van der Waals surface area contributed by atoms with Crippen LogP contribution in [0.15, 0.2) is 78.4 Å². The normalized spacial score (nSPS) is 25.7. The summed E-state index contributed by atoms with van der Waals surface area (Å²) < 4.78 is 1.46. The quantitative estimate of drug-likeness (QED) is 0.179.